The Bertz CT molecular complexity index is 956. The highest BCUT2D eigenvalue weighted by Crippen LogP contribution is 2.53. The Morgan fingerprint density at radius 3 is 2.54 bits per heavy atom. The molecule has 7 nitrogen and oxygen atoms in total. The number of nitro groups is 1. The molecular weight excluding hydrogens is 360 g/mol. The van der Waals surface area contributed by atoms with Crippen LogP contribution in [0.15, 0.2) is 42.5 Å². The normalized spacial score (nSPS) is 22.0. The molecule has 0 aromatic heterocycles. The second-order valence-corrected chi connectivity index (χ2v) is 6.96. The van der Waals surface area contributed by atoms with Gasteiger partial charge in [-0.15, -0.1) is 0 Å². The topological polar surface area (TPSA) is 82.9 Å². The highest BCUT2D eigenvalue weighted by Gasteiger charge is 2.40. The van der Waals surface area contributed by atoms with Crippen LogP contribution in [0.4, 0.5) is 11.4 Å². The number of methoxy groups -OCH3 is 3. The summed E-state index contributed by atoms with van der Waals surface area (Å²) in [6, 6.07) is 8.95. The van der Waals surface area contributed by atoms with Gasteiger partial charge in [0.1, 0.15) is 11.5 Å². The van der Waals surface area contributed by atoms with Crippen molar-refractivity contribution in [1.82, 2.24) is 0 Å². The maximum Gasteiger partial charge on any atom is 0.311 e. The van der Waals surface area contributed by atoms with Crippen LogP contribution in [0.1, 0.15) is 29.5 Å². The molecule has 2 aliphatic rings. The van der Waals surface area contributed by atoms with E-state index in [0.717, 1.165) is 29.0 Å². The van der Waals surface area contributed by atoms with Crippen LogP contribution in [-0.2, 0) is 0 Å². The van der Waals surface area contributed by atoms with E-state index >= 15 is 0 Å². The quantitative estimate of drug-likeness (QED) is 0.467. The highest BCUT2D eigenvalue weighted by molar-refractivity contribution is 5.70. The van der Waals surface area contributed by atoms with Crippen LogP contribution in [0.5, 0.6) is 17.2 Å². The molecular formula is C21H22N2O5. The molecule has 1 aliphatic heterocycles. The van der Waals surface area contributed by atoms with E-state index in [1.54, 1.807) is 26.4 Å². The fourth-order valence-corrected chi connectivity index (χ4v) is 4.29. The van der Waals surface area contributed by atoms with Gasteiger partial charge in [-0.1, -0.05) is 18.2 Å². The van der Waals surface area contributed by atoms with Gasteiger partial charge in [0.05, 0.1) is 38.0 Å². The second kappa shape index (κ2) is 7.07. The van der Waals surface area contributed by atoms with Gasteiger partial charge in [0.2, 0.25) is 0 Å². The van der Waals surface area contributed by atoms with E-state index in [0.29, 0.717) is 5.75 Å². The molecule has 3 atom stereocenters. The largest absolute Gasteiger partial charge is 0.497 e. The molecule has 2 aromatic carbocycles. The Hall–Kier alpha value is -3.22. The van der Waals surface area contributed by atoms with Gasteiger partial charge in [-0.2, -0.15) is 0 Å². The van der Waals surface area contributed by atoms with Crippen molar-refractivity contribution < 1.29 is 19.1 Å². The van der Waals surface area contributed by atoms with Crippen LogP contribution in [0, 0.1) is 16.0 Å². The summed E-state index contributed by atoms with van der Waals surface area (Å²) in [5.74, 6) is 2.13. The molecule has 0 spiro atoms. The van der Waals surface area contributed by atoms with Gasteiger partial charge in [-0.25, -0.2) is 0 Å². The maximum absolute atomic E-state index is 11.5. The molecule has 28 heavy (non-hydrogen) atoms. The summed E-state index contributed by atoms with van der Waals surface area (Å²) in [6.45, 7) is 0. The lowest BCUT2D eigenvalue weighted by Gasteiger charge is -2.38. The monoisotopic (exact) mass is 382 g/mol. The van der Waals surface area contributed by atoms with Crippen molar-refractivity contribution in [3.8, 4) is 17.2 Å². The molecule has 2 aromatic rings. The molecule has 0 amide bonds. The molecule has 0 radical (unpaired) electrons. The lowest BCUT2D eigenvalue weighted by Crippen LogP contribution is -2.29. The van der Waals surface area contributed by atoms with E-state index in [9.17, 15) is 10.1 Å². The van der Waals surface area contributed by atoms with Gasteiger partial charge in [0.15, 0.2) is 5.75 Å². The minimum atomic E-state index is -0.408. The van der Waals surface area contributed by atoms with E-state index in [2.05, 4.69) is 17.5 Å². The number of nitro benzene ring substituents is 1. The molecule has 0 unspecified atom stereocenters. The number of rotatable bonds is 5. The number of benzene rings is 2. The SMILES string of the molecule is COc1cc(OC)c2c(c1)[C@H]1C=CC[C@@H]1[C@H](c1ccc(OC)c([N+](=O)[O-])c1)N2. The van der Waals surface area contributed by atoms with Crippen LogP contribution in [0.3, 0.4) is 0 Å². The number of nitrogens with one attached hydrogen (secondary N) is 1. The van der Waals surface area contributed by atoms with E-state index in [1.165, 1.54) is 7.11 Å². The van der Waals surface area contributed by atoms with Gasteiger partial charge in [0.25, 0.3) is 0 Å². The second-order valence-electron chi connectivity index (χ2n) is 6.96. The average Bonchev–Trinajstić information content (AvgIpc) is 3.22. The lowest BCUT2D eigenvalue weighted by molar-refractivity contribution is -0.385. The van der Waals surface area contributed by atoms with Crippen LogP contribution in [-0.4, -0.2) is 26.3 Å². The molecule has 0 bridgehead atoms. The highest BCUT2D eigenvalue weighted by atomic mass is 16.6. The molecule has 1 N–H and O–H groups in total. The van der Waals surface area contributed by atoms with E-state index < -0.39 is 4.92 Å². The summed E-state index contributed by atoms with van der Waals surface area (Å²) in [5, 5.41) is 15.0. The smallest absolute Gasteiger partial charge is 0.311 e. The van der Waals surface area contributed by atoms with Crippen molar-refractivity contribution in [1.29, 1.82) is 0 Å². The first-order chi connectivity index (χ1) is 13.6. The predicted octanol–water partition coefficient (Wildman–Crippen LogP) is 4.45. The zero-order valence-corrected chi connectivity index (χ0v) is 16.0. The zero-order chi connectivity index (χ0) is 19.8. The van der Waals surface area contributed by atoms with Crippen LogP contribution in [0.2, 0.25) is 0 Å². The Morgan fingerprint density at radius 2 is 1.86 bits per heavy atom. The molecule has 1 aliphatic carbocycles. The Balaban J connectivity index is 1.82. The standard InChI is InChI=1S/C21H22N2O5/c1-26-13-10-16-14-5-4-6-15(14)20(22-21(16)19(11-13)28-3)12-7-8-18(27-2)17(9-12)23(24)25/h4-5,7-11,14-15,20,22H,6H2,1-3H3/t14-,15-,20-/m0/s1. The lowest BCUT2D eigenvalue weighted by atomic mass is 9.76. The summed E-state index contributed by atoms with van der Waals surface area (Å²) in [5.41, 5.74) is 2.85. The molecule has 146 valence electrons. The van der Waals surface area contributed by atoms with Crippen molar-refractivity contribution in [3.63, 3.8) is 0 Å². The van der Waals surface area contributed by atoms with Crippen LogP contribution in [0.25, 0.3) is 0 Å². The van der Waals surface area contributed by atoms with E-state index in [-0.39, 0.29) is 29.3 Å². The summed E-state index contributed by atoms with van der Waals surface area (Å²) < 4.78 is 16.2. The molecule has 1 heterocycles. The Labute approximate surface area is 163 Å². The van der Waals surface area contributed by atoms with Crippen molar-refractivity contribution >= 4 is 11.4 Å². The fraction of sp³-hybridized carbons (Fsp3) is 0.333. The van der Waals surface area contributed by atoms with Crippen molar-refractivity contribution in [2.45, 2.75) is 18.4 Å². The Morgan fingerprint density at radius 1 is 1.07 bits per heavy atom. The first-order valence-electron chi connectivity index (χ1n) is 9.08. The van der Waals surface area contributed by atoms with E-state index in [4.69, 9.17) is 14.2 Å². The molecule has 7 heteroatoms. The minimum Gasteiger partial charge on any atom is -0.497 e. The third kappa shape index (κ3) is 2.83. The van der Waals surface area contributed by atoms with Gasteiger partial charge in [-0.05, 0) is 35.6 Å². The van der Waals surface area contributed by atoms with Gasteiger partial charge in [-0.3, -0.25) is 10.1 Å². The third-order valence-electron chi connectivity index (χ3n) is 5.62. The number of allylic oxidation sites excluding steroid dienone is 2. The zero-order valence-electron chi connectivity index (χ0n) is 16.0. The summed E-state index contributed by atoms with van der Waals surface area (Å²) in [7, 11) is 4.70. The van der Waals surface area contributed by atoms with Gasteiger partial charge >= 0.3 is 5.69 Å². The number of nitrogens with zero attached hydrogens (tertiary/aromatic N) is 1. The number of anilines is 1. The van der Waals surface area contributed by atoms with E-state index in [1.807, 2.05) is 18.2 Å². The van der Waals surface area contributed by atoms with Gasteiger partial charge in [0, 0.05) is 18.1 Å². The summed E-state index contributed by atoms with van der Waals surface area (Å²) >= 11 is 0. The number of ether oxygens (including phenoxy) is 3. The van der Waals surface area contributed by atoms with Crippen LogP contribution < -0.4 is 19.5 Å². The third-order valence-corrected chi connectivity index (χ3v) is 5.62. The summed E-state index contributed by atoms with van der Waals surface area (Å²) in [6.07, 6.45) is 5.26. The Kier molecular flexibility index (Phi) is 4.58. The number of fused-ring (bicyclic) bond motifs is 3. The molecule has 0 saturated heterocycles. The molecule has 4 rings (SSSR count). The van der Waals surface area contributed by atoms with Crippen molar-refractivity contribution in [3.05, 3.63) is 63.7 Å². The van der Waals surface area contributed by atoms with Gasteiger partial charge < -0.3 is 19.5 Å². The average molecular weight is 382 g/mol. The summed E-state index contributed by atoms with van der Waals surface area (Å²) in [4.78, 5) is 11.1. The number of hydrogen-bond donors (Lipinski definition) is 1. The first-order valence-corrected chi connectivity index (χ1v) is 9.08. The van der Waals surface area contributed by atoms with Crippen molar-refractivity contribution in [2.75, 3.05) is 26.6 Å². The van der Waals surface area contributed by atoms with Crippen molar-refractivity contribution in [2.24, 2.45) is 5.92 Å². The fourth-order valence-electron chi connectivity index (χ4n) is 4.29. The predicted molar refractivity (Wildman–Crippen MR) is 106 cm³/mol. The first kappa shape index (κ1) is 18.2. The number of hydrogen-bond acceptors (Lipinski definition) is 6. The maximum atomic E-state index is 11.5. The van der Waals surface area contributed by atoms with Crippen LogP contribution >= 0.6 is 0 Å². The molecule has 0 saturated carbocycles. The minimum absolute atomic E-state index is 0.0307. The molecule has 0 fully saturated rings.